The van der Waals surface area contributed by atoms with Gasteiger partial charge in [0.05, 0.1) is 32.2 Å². The Morgan fingerprint density at radius 1 is 1.56 bits per heavy atom. The van der Waals surface area contributed by atoms with Gasteiger partial charge in [0.15, 0.2) is 11.5 Å². The van der Waals surface area contributed by atoms with Crippen LogP contribution in [0.1, 0.15) is 17.2 Å². The maximum Gasteiger partial charge on any atom is 0.162 e. The molecule has 1 rings (SSSR count). The topological polar surface area (TPSA) is 99.5 Å². The Bertz CT molecular complexity index is 412. The van der Waals surface area contributed by atoms with Gasteiger partial charge < -0.3 is 20.7 Å². The lowest BCUT2D eigenvalue weighted by molar-refractivity contribution is 0.264. The van der Waals surface area contributed by atoms with Gasteiger partial charge in [0.1, 0.15) is 0 Å². The number of aliphatic hydroxyl groups is 1. The van der Waals surface area contributed by atoms with Crippen LogP contribution < -0.4 is 10.5 Å². The molecule has 0 aliphatic carbocycles. The second-order valence-corrected chi connectivity index (χ2v) is 3.36. The van der Waals surface area contributed by atoms with E-state index in [-0.39, 0.29) is 24.5 Å². The number of methoxy groups -OCH3 is 1. The third kappa shape index (κ3) is 2.42. The summed E-state index contributed by atoms with van der Waals surface area (Å²) in [4.78, 5) is 0. The van der Waals surface area contributed by atoms with Crippen LogP contribution in [-0.4, -0.2) is 23.9 Å². The van der Waals surface area contributed by atoms with Crippen LogP contribution in [0.3, 0.4) is 0 Å². The molecule has 0 aliphatic rings. The van der Waals surface area contributed by atoms with Gasteiger partial charge in [-0.15, -0.1) is 0 Å². The Balaban J connectivity index is 3.25. The van der Waals surface area contributed by atoms with Crippen molar-refractivity contribution >= 4 is 0 Å². The minimum Gasteiger partial charge on any atom is -0.504 e. The van der Waals surface area contributed by atoms with Crippen LogP contribution in [0.15, 0.2) is 12.1 Å². The molecule has 0 radical (unpaired) electrons. The lowest BCUT2D eigenvalue weighted by Gasteiger charge is -2.14. The number of rotatable bonds is 4. The molecule has 0 saturated heterocycles. The third-order valence-electron chi connectivity index (χ3n) is 2.26. The normalized spacial score (nSPS) is 11.9. The van der Waals surface area contributed by atoms with Crippen molar-refractivity contribution in [3.8, 4) is 17.6 Å². The minimum atomic E-state index is -0.687. The zero-order chi connectivity index (χ0) is 12.1. The molecule has 1 atom stereocenters. The molecule has 5 nitrogen and oxygen atoms in total. The van der Waals surface area contributed by atoms with Gasteiger partial charge >= 0.3 is 0 Å². The van der Waals surface area contributed by atoms with E-state index in [9.17, 15) is 5.11 Å². The molecule has 0 amide bonds. The highest BCUT2D eigenvalue weighted by atomic mass is 16.5. The van der Waals surface area contributed by atoms with Crippen molar-refractivity contribution in [3.05, 3.63) is 23.3 Å². The van der Waals surface area contributed by atoms with Crippen molar-refractivity contribution in [2.24, 2.45) is 5.73 Å². The summed E-state index contributed by atoms with van der Waals surface area (Å²) in [7, 11) is 1.42. The molecule has 86 valence electrons. The number of phenolic OH excluding ortho intramolecular Hbond substituents is 1. The van der Waals surface area contributed by atoms with Gasteiger partial charge in [-0.1, -0.05) is 0 Å². The summed E-state index contributed by atoms with van der Waals surface area (Å²) >= 11 is 0. The number of nitrogens with zero attached hydrogens (tertiary/aromatic N) is 1. The molecule has 0 saturated carbocycles. The van der Waals surface area contributed by atoms with Crippen molar-refractivity contribution in [1.29, 1.82) is 5.26 Å². The molecule has 1 aromatic carbocycles. The lowest BCUT2D eigenvalue weighted by Crippen LogP contribution is -2.15. The summed E-state index contributed by atoms with van der Waals surface area (Å²) < 4.78 is 4.97. The van der Waals surface area contributed by atoms with Crippen molar-refractivity contribution < 1.29 is 14.9 Å². The van der Waals surface area contributed by atoms with Crippen LogP contribution in [0.5, 0.6) is 11.5 Å². The summed E-state index contributed by atoms with van der Waals surface area (Å²) in [6.07, 6.45) is 0.196. The quantitative estimate of drug-likeness (QED) is 0.687. The number of phenols is 1. The number of aliphatic hydroxyl groups excluding tert-OH is 1. The molecule has 0 bridgehead atoms. The van der Waals surface area contributed by atoms with E-state index in [0.29, 0.717) is 11.1 Å². The molecule has 0 aliphatic heterocycles. The number of hydrogen-bond acceptors (Lipinski definition) is 5. The van der Waals surface area contributed by atoms with E-state index in [1.807, 2.05) is 6.07 Å². The van der Waals surface area contributed by atoms with Crippen molar-refractivity contribution in [2.45, 2.75) is 12.5 Å². The summed E-state index contributed by atoms with van der Waals surface area (Å²) in [6, 6.07) is 4.49. The van der Waals surface area contributed by atoms with Crippen molar-refractivity contribution in [1.82, 2.24) is 0 Å². The van der Waals surface area contributed by atoms with Crippen LogP contribution in [-0.2, 0) is 6.42 Å². The van der Waals surface area contributed by atoms with E-state index < -0.39 is 6.04 Å². The molecule has 0 unspecified atom stereocenters. The van der Waals surface area contributed by atoms with Crippen LogP contribution in [0.4, 0.5) is 0 Å². The maximum absolute atomic E-state index is 9.78. The van der Waals surface area contributed by atoms with E-state index >= 15 is 0 Å². The van der Waals surface area contributed by atoms with E-state index in [4.69, 9.17) is 20.8 Å². The molecule has 0 fully saturated rings. The van der Waals surface area contributed by atoms with Gasteiger partial charge in [0.2, 0.25) is 0 Å². The van der Waals surface area contributed by atoms with Crippen LogP contribution >= 0.6 is 0 Å². The largest absolute Gasteiger partial charge is 0.504 e. The number of hydrogen-bond donors (Lipinski definition) is 3. The van der Waals surface area contributed by atoms with Crippen molar-refractivity contribution in [2.75, 3.05) is 13.7 Å². The van der Waals surface area contributed by atoms with Gasteiger partial charge in [-0.25, -0.2) is 0 Å². The predicted octanol–water partition coefficient (Wildman–Crippen LogP) is 0.459. The SMILES string of the molecule is COc1cc(CC#N)cc([C@H](N)CO)c1O. The summed E-state index contributed by atoms with van der Waals surface area (Å²) in [5, 5.41) is 27.3. The number of ether oxygens (including phenoxy) is 1. The van der Waals surface area contributed by atoms with E-state index in [0.717, 1.165) is 0 Å². The first kappa shape index (κ1) is 12.3. The Kier molecular flexibility index (Phi) is 4.11. The smallest absolute Gasteiger partial charge is 0.162 e. The van der Waals surface area contributed by atoms with Gasteiger partial charge in [-0.05, 0) is 17.7 Å². The molecule has 4 N–H and O–H groups in total. The first-order valence-corrected chi connectivity index (χ1v) is 4.77. The Morgan fingerprint density at radius 3 is 2.75 bits per heavy atom. The highest BCUT2D eigenvalue weighted by molar-refractivity contribution is 5.50. The first-order valence-electron chi connectivity index (χ1n) is 4.77. The molecule has 0 aromatic heterocycles. The second kappa shape index (κ2) is 5.35. The van der Waals surface area contributed by atoms with E-state index in [1.165, 1.54) is 7.11 Å². The third-order valence-corrected chi connectivity index (χ3v) is 2.26. The fraction of sp³-hybridized carbons (Fsp3) is 0.364. The minimum absolute atomic E-state index is 0.0919. The second-order valence-electron chi connectivity index (χ2n) is 3.36. The zero-order valence-corrected chi connectivity index (χ0v) is 8.97. The van der Waals surface area contributed by atoms with Gasteiger partial charge in [0.25, 0.3) is 0 Å². The van der Waals surface area contributed by atoms with Crippen LogP contribution in [0.25, 0.3) is 0 Å². The van der Waals surface area contributed by atoms with Crippen molar-refractivity contribution in [3.63, 3.8) is 0 Å². The molecule has 5 heteroatoms. The fourth-order valence-electron chi connectivity index (χ4n) is 1.42. The number of aromatic hydroxyl groups is 1. The monoisotopic (exact) mass is 222 g/mol. The Labute approximate surface area is 93.7 Å². The number of nitriles is 1. The summed E-state index contributed by atoms with van der Waals surface area (Å²) in [5.74, 6) is 0.164. The number of benzene rings is 1. The molecule has 0 spiro atoms. The lowest BCUT2D eigenvalue weighted by atomic mass is 10.0. The predicted molar refractivity (Wildman–Crippen MR) is 58.0 cm³/mol. The van der Waals surface area contributed by atoms with E-state index in [1.54, 1.807) is 12.1 Å². The Morgan fingerprint density at radius 2 is 2.25 bits per heavy atom. The highest BCUT2D eigenvalue weighted by Gasteiger charge is 2.15. The Hall–Kier alpha value is -1.77. The molecular weight excluding hydrogens is 208 g/mol. The van der Waals surface area contributed by atoms with Gasteiger partial charge in [-0.3, -0.25) is 0 Å². The number of nitrogens with two attached hydrogens (primary N) is 1. The average Bonchev–Trinajstić information content (AvgIpc) is 2.30. The van der Waals surface area contributed by atoms with Crippen LogP contribution in [0.2, 0.25) is 0 Å². The van der Waals surface area contributed by atoms with Gasteiger partial charge in [-0.2, -0.15) is 5.26 Å². The summed E-state index contributed by atoms with van der Waals surface area (Å²) in [5.41, 5.74) is 6.71. The zero-order valence-electron chi connectivity index (χ0n) is 8.97. The van der Waals surface area contributed by atoms with E-state index in [2.05, 4.69) is 0 Å². The fourth-order valence-corrected chi connectivity index (χ4v) is 1.42. The molecule has 0 heterocycles. The molecule has 16 heavy (non-hydrogen) atoms. The van der Waals surface area contributed by atoms with Gasteiger partial charge in [0, 0.05) is 5.56 Å². The summed E-state index contributed by atoms with van der Waals surface area (Å²) in [6.45, 7) is -0.285. The van der Waals surface area contributed by atoms with Crippen LogP contribution in [0, 0.1) is 11.3 Å². The molecule has 1 aromatic rings. The maximum atomic E-state index is 9.78. The first-order chi connectivity index (χ1) is 7.63. The average molecular weight is 222 g/mol. The molecular formula is C11H14N2O3. The standard InChI is InChI=1S/C11H14N2O3/c1-16-10-5-7(2-3-12)4-8(11(10)15)9(13)6-14/h4-5,9,14-15H,2,6,13H2,1H3/t9-/m1/s1. The highest BCUT2D eigenvalue weighted by Crippen LogP contribution is 2.34.